The number of nitrogens with zero attached hydrogens (tertiary/aromatic N) is 3. The van der Waals surface area contributed by atoms with E-state index < -0.39 is 0 Å². The van der Waals surface area contributed by atoms with E-state index >= 15 is 0 Å². The number of hydrogen-bond donors (Lipinski definition) is 1. The van der Waals surface area contributed by atoms with E-state index in [9.17, 15) is 9.59 Å². The van der Waals surface area contributed by atoms with E-state index in [4.69, 9.17) is 4.98 Å². The molecule has 0 saturated heterocycles. The fraction of sp³-hybridized carbons (Fsp3) is 0.185. The topological polar surface area (TPSA) is 76.9 Å². The summed E-state index contributed by atoms with van der Waals surface area (Å²) in [6.45, 7) is 3.03. The first kappa shape index (κ1) is 23.3. The molecule has 6 nitrogen and oxygen atoms in total. The van der Waals surface area contributed by atoms with Crippen LogP contribution < -0.4 is 10.9 Å². The molecule has 1 N–H and O–H groups in total. The summed E-state index contributed by atoms with van der Waals surface area (Å²) in [5.41, 5.74) is 2.75. The largest absolute Gasteiger partial charge is 0.351 e. The number of benzene rings is 2. The van der Waals surface area contributed by atoms with Crippen LogP contribution in [0.2, 0.25) is 0 Å². The molecule has 3 heterocycles. The number of thioether (sulfide) groups is 1. The van der Waals surface area contributed by atoms with E-state index in [2.05, 4.69) is 29.4 Å². The van der Waals surface area contributed by atoms with Crippen molar-refractivity contribution in [3.63, 3.8) is 0 Å². The standard InChI is InChI=1S/C27H24N4O2S2/c1-18(20-11-6-3-7-12-20)16-31-26(33)24-23(21-13-8-14-28-25(21)35-24)30-27(31)34-17-22(32)29-15-19-9-4-2-5-10-19/h2-14,18H,15-17H2,1H3,(H,29,32)/t18-/m0/s1. The molecule has 176 valence electrons. The SMILES string of the molecule is C[C@@H](Cn1c(SCC(=O)NCc2ccccc2)nc2c(sc3ncccc32)c1=O)c1ccccc1. The van der Waals surface area contributed by atoms with Crippen molar-refractivity contribution in [3.05, 3.63) is 100 Å². The smallest absolute Gasteiger partial charge is 0.272 e. The molecule has 1 atom stereocenters. The number of carbonyl (C=O) groups is 1. The summed E-state index contributed by atoms with van der Waals surface area (Å²) in [6, 6.07) is 23.7. The lowest BCUT2D eigenvalue weighted by atomic mass is 10.0. The Balaban J connectivity index is 1.45. The molecule has 1 amide bonds. The summed E-state index contributed by atoms with van der Waals surface area (Å²) in [6.07, 6.45) is 1.72. The van der Waals surface area contributed by atoms with Crippen molar-refractivity contribution in [1.29, 1.82) is 0 Å². The van der Waals surface area contributed by atoms with Gasteiger partial charge in [0.15, 0.2) is 5.16 Å². The van der Waals surface area contributed by atoms with Crippen LogP contribution >= 0.6 is 23.1 Å². The van der Waals surface area contributed by atoms with Crippen molar-refractivity contribution in [2.45, 2.75) is 31.1 Å². The molecule has 0 bridgehead atoms. The maximum Gasteiger partial charge on any atom is 0.272 e. The molecule has 5 rings (SSSR count). The van der Waals surface area contributed by atoms with E-state index in [-0.39, 0.29) is 23.1 Å². The van der Waals surface area contributed by atoms with Gasteiger partial charge in [0.2, 0.25) is 5.91 Å². The van der Waals surface area contributed by atoms with Crippen LogP contribution in [0.4, 0.5) is 0 Å². The first-order chi connectivity index (χ1) is 17.1. The summed E-state index contributed by atoms with van der Waals surface area (Å²) < 4.78 is 2.31. The molecule has 5 aromatic rings. The van der Waals surface area contributed by atoms with Gasteiger partial charge in [0.25, 0.3) is 5.56 Å². The zero-order valence-electron chi connectivity index (χ0n) is 19.2. The summed E-state index contributed by atoms with van der Waals surface area (Å²) in [7, 11) is 0. The normalized spacial score (nSPS) is 12.1. The number of carbonyl (C=O) groups excluding carboxylic acids is 1. The molecule has 0 radical (unpaired) electrons. The Labute approximate surface area is 211 Å². The molecule has 3 aromatic heterocycles. The van der Waals surface area contributed by atoms with Crippen LogP contribution in [0.15, 0.2) is 88.9 Å². The van der Waals surface area contributed by atoms with E-state index in [0.717, 1.165) is 21.3 Å². The molecule has 35 heavy (non-hydrogen) atoms. The van der Waals surface area contributed by atoms with Gasteiger partial charge in [0.1, 0.15) is 9.53 Å². The van der Waals surface area contributed by atoms with Gasteiger partial charge in [0, 0.05) is 24.7 Å². The minimum Gasteiger partial charge on any atom is -0.351 e. The molecule has 2 aromatic carbocycles. The fourth-order valence-electron chi connectivity index (χ4n) is 3.95. The highest BCUT2D eigenvalue weighted by atomic mass is 32.2. The third-order valence-corrected chi connectivity index (χ3v) is 7.87. The highest BCUT2D eigenvalue weighted by Gasteiger charge is 2.19. The maximum absolute atomic E-state index is 13.6. The Kier molecular flexibility index (Phi) is 6.92. The minimum atomic E-state index is -0.104. The Hall–Kier alpha value is -3.49. The lowest BCUT2D eigenvalue weighted by Gasteiger charge is -2.17. The number of aromatic nitrogens is 3. The van der Waals surface area contributed by atoms with Crippen molar-refractivity contribution in [2.75, 3.05) is 5.75 Å². The van der Waals surface area contributed by atoms with Crippen molar-refractivity contribution in [3.8, 4) is 0 Å². The monoisotopic (exact) mass is 500 g/mol. The second-order valence-corrected chi connectivity index (χ2v) is 10.3. The van der Waals surface area contributed by atoms with Crippen molar-refractivity contribution >= 4 is 49.4 Å². The number of hydrogen-bond acceptors (Lipinski definition) is 6. The first-order valence-corrected chi connectivity index (χ1v) is 13.2. The Morgan fingerprint density at radius 1 is 1.06 bits per heavy atom. The number of rotatable bonds is 8. The van der Waals surface area contributed by atoms with Crippen LogP contribution in [-0.2, 0) is 17.9 Å². The maximum atomic E-state index is 13.6. The van der Waals surface area contributed by atoms with E-state index in [1.807, 2.05) is 60.7 Å². The second-order valence-electron chi connectivity index (χ2n) is 8.31. The lowest BCUT2D eigenvalue weighted by molar-refractivity contribution is -0.118. The third kappa shape index (κ3) is 5.13. The van der Waals surface area contributed by atoms with E-state index in [1.54, 1.807) is 10.8 Å². The van der Waals surface area contributed by atoms with Gasteiger partial charge in [0.05, 0.1) is 11.3 Å². The molecule has 0 unspecified atom stereocenters. The van der Waals surface area contributed by atoms with E-state index in [1.165, 1.54) is 23.1 Å². The van der Waals surface area contributed by atoms with E-state index in [0.29, 0.717) is 28.5 Å². The summed E-state index contributed by atoms with van der Waals surface area (Å²) in [4.78, 5) is 36.3. The van der Waals surface area contributed by atoms with Gasteiger partial charge in [-0.2, -0.15) is 0 Å². The Morgan fingerprint density at radius 2 is 1.80 bits per heavy atom. The number of nitrogens with one attached hydrogen (secondary N) is 1. The van der Waals surface area contributed by atoms with Crippen LogP contribution in [0, 0.1) is 0 Å². The predicted molar refractivity (Wildman–Crippen MR) is 143 cm³/mol. The lowest BCUT2D eigenvalue weighted by Crippen LogP contribution is -2.27. The van der Waals surface area contributed by atoms with Crippen LogP contribution in [0.5, 0.6) is 0 Å². The second kappa shape index (κ2) is 10.4. The average Bonchev–Trinajstić information content (AvgIpc) is 3.28. The van der Waals surface area contributed by atoms with Gasteiger partial charge in [-0.1, -0.05) is 79.3 Å². The van der Waals surface area contributed by atoms with Crippen LogP contribution in [0.25, 0.3) is 20.4 Å². The molecule has 0 aliphatic carbocycles. The fourth-order valence-corrected chi connectivity index (χ4v) is 5.81. The van der Waals surface area contributed by atoms with Gasteiger partial charge < -0.3 is 5.32 Å². The Morgan fingerprint density at radius 3 is 2.57 bits per heavy atom. The zero-order valence-corrected chi connectivity index (χ0v) is 20.8. The number of amides is 1. The van der Waals surface area contributed by atoms with Crippen molar-refractivity contribution in [1.82, 2.24) is 19.9 Å². The molecule has 0 aliphatic heterocycles. The van der Waals surface area contributed by atoms with Gasteiger partial charge in [-0.3, -0.25) is 14.2 Å². The van der Waals surface area contributed by atoms with Crippen LogP contribution in [-0.4, -0.2) is 26.2 Å². The van der Waals surface area contributed by atoms with Gasteiger partial charge in [-0.05, 0) is 29.2 Å². The molecule has 8 heteroatoms. The molecular weight excluding hydrogens is 476 g/mol. The molecule has 0 fully saturated rings. The van der Waals surface area contributed by atoms with Crippen LogP contribution in [0.3, 0.4) is 0 Å². The van der Waals surface area contributed by atoms with Crippen molar-refractivity contribution < 1.29 is 4.79 Å². The summed E-state index contributed by atoms with van der Waals surface area (Å²) >= 11 is 2.66. The molecular formula is C27H24N4O2S2. The summed E-state index contributed by atoms with van der Waals surface area (Å²) in [5.74, 6) is 0.171. The van der Waals surface area contributed by atoms with Gasteiger partial charge in [-0.25, -0.2) is 9.97 Å². The zero-order chi connectivity index (χ0) is 24.2. The van der Waals surface area contributed by atoms with Gasteiger partial charge >= 0.3 is 0 Å². The number of thiophene rings is 1. The number of fused-ring (bicyclic) bond motifs is 3. The van der Waals surface area contributed by atoms with Crippen LogP contribution in [0.1, 0.15) is 24.0 Å². The van der Waals surface area contributed by atoms with Gasteiger partial charge in [-0.15, -0.1) is 11.3 Å². The number of pyridine rings is 1. The minimum absolute atomic E-state index is 0.0898. The van der Waals surface area contributed by atoms with Crippen molar-refractivity contribution in [2.24, 2.45) is 0 Å². The average molecular weight is 501 g/mol. The molecule has 0 aliphatic rings. The first-order valence-electron chi connectivity index (χ1n) is 11.4. The highest BCUT2D eigenvalue weighted by Crippen LogP contribution is 2.31. The predicted octanol–water partition coefficient (Wildman–Crippen LogP) is 5.22. The quantitative estimate of drug-likeness (QED) is 0.234. The third-order valence-electron chi connectivity index (χ3n) is 5.81. The molecule has 0 saturated carbocycles. The summed E-state index contributed by atoms with van der Waals surface area (Å²) in [5, 5.41) is 4.36. The molecule has 0 spiro atoms. The Bertz CT molecular complexity index is 1530. The highest BCUT2D eigenvalue weighted by molar-refractivity contribution is 7.99.